The summed E-state index contributed by atoms with van der Waals surface area (Å²) in [6.45, 7) is 10.2. The maximum Gasteiger partial charge on any atom is 0.334 e. The molecule has 0 unspecified atom stereocenters. The van der Waals surface area contributed by atoms with Crippen molar-refractivity contribution in [1.29, 1.82) is 0 Å². The Kier molecular flexibility index (Phi) is 7.79. The first kappa shape index (κ1) is 22.9. The first-order chi connectivity index (χ1) is 13.7. The first-order valence-corrected chi connectivity index (χ1v) is 9.94. The van der Waals surface area contributed by atoms with E-state index >= 15 is 0 Å². The number of rotatable bonds is 5. The summed E-state index contributed by atoms with van der Waals surface area (Å²) >= 11 is 0. The lowest BCUT2D eigenvalue weighted by Gasteiger charge is -2.34. The molecule has 0 saturated carbocycles. The molecule has 1 aliphatic carbocycles. The molecule has 0 spiro atoms. The van der Waals surface area contributed by atoms with Crippen molar-refractivity contribution in [2.45, 2.75) is 65.3 Å². The van der Waals surface area contributed by atoms with Gasteiger partial charge >= 0.3 is 17.9 Å². The lowest BCUT2D eigenvalue weighted by molar-refractivity contribution is -0.171. The van der Waals surface area contributed by atoms with Gasteiger partial charge in [-0.15, -0.1) is 0 Å². The number of aliphatic hydroxyl groups is 1. The van der Waals surface area contributed by atoms with Gasteiger partial charge in [-0.3, -0.25) is 9.59 Å². The minimum atomic E-state index is -1.05. The molecule has 0 amide bonds. The van der Waals surface area contributed by atoms with Gasteiger partial charge in [-0.25, -0.2) is 4.79 Å². The molecule has 1 fully saturated rings. The van der Waals surface area contributed by atoms with Crippen LogP contribution in [-0.4, -0.2) is 47.9 Å². The molecule has 29 heavy (non-hydrogen) atoms. The average molecular weight is 406 g/mol. The van der Waals surface area contributed by atoms with Crippen LogP contribution in [0, 0.1) is 11.8 Å². The molecule has 1 N–H and O–H groups in total. The Balaban J connectivity index is 2.59. The lowest BCUT2D eigenvalue weighted by atomic mass is 9.83. The van der Waals surface area contributed by atoms with Crippen LogP contribution in [0.15, 0.2) is 35.5 Å². The zero-order valence-corrected chi connectivity index (χ0v) is 17.5. The number of aliphatic hydroxyl groups excluding tert-OH is 1. The van der Waals surface area contributed by atoms with Gasteiger partial charge in [0.05, 0.1) is 18.4 Å². The van der Waals surface area contributed by atoms with Gasteiger partial charge in [0.15, 0.2) is 12.2 Å². The third-order valence-corrected chi connectivity index (χ3v) is 5.42. The molecular weight excluding hydrogens is 376 g/mol. The Bertz CT molecular complexity index is 733. The fraction of sp³-hybridized carbons (Fsp3) is 0.591. The van der Waals surface area contributed by atoms with Crippen molar-refractivity contribution in [2.75, 3.05) is 6.61 Å². The summed E-state index contributed by atoms with van der Waals surface area (Å²) in [7, 11) is 0. The fourth-order valence-corrected chi connectivity index (χ4v) is 3.52. The zero-order chi connectivity index (χ0) is 21.7. The van der Waals surface area contributed by atoms with Crippen LogP contribution in [-0.2, 0) is 28.6 Å². The summed E-state index contributed by atoms with van der Waals surface area (Å²) in [5, 5.41) is 9.95. The van der Waals surface area contributed by atoms with E-state index in [-0.39, 0.29) is 18.1 Å². The van der Waals surface area contributed by atoms with Crippen LogP contribution in [0.4, 0.5) is 0 Å². The molecular formula is C22H30O7. The van der Waals surface area contributed by atoms with E-state index < -0.39 is 42.1 Å². The Hall–Kier alpha value is -2.41. The number of hydrogen-bond donors (Lipinski definition) is 1. The number of allylic oxidation sites excluding steroid dienone is 2. The highest BCUT2D eigenvalue weighted by molar-refractivity contribution is 5.91. The van der Waals surface area contributed by atoms with Crippen molar-refractivity contribution >= 4 is 17.9 Å². The quantitative estimate of drug-likeness (QED) is 0.324. The van der Waals surface area contributed by atoms with Crippen LogP contribution >= 0.6 is 0 Å². The minimum absolute atomic E-state index is 0.149. The van der Waals surface area contributed by atoms with E-state index in [1.54, 1.807) is 13.0 Å². The van der Waals surface area contributed by atoms with Crippen molar-refractivity contribution in [3.05, 3.63) is 35.5 Å². The minimum Gasteiger partial charge on any atom is -0.457 e. The molecule has 2 aliphatic rings. The van der Waals surface area contributed by atoms with Gasteiger partial charge in [-0.05, 0) is 37.8 Å². The van der Waals surface area contributed by atoms with Crippen LogP contribution in [0.1, 0.15) is 47.0 Å². The predicted octanol–water partition coefficient (Wildman–Crippen LogP) is 2.63. The van der Waals surface area contributed by atoms with Gasteiger partial charge in [-0.1, -0.05) is 32.1 Å². The Labute approximate surface area is 171 Å². The Morgan fingerprint density at radius 1 is 1.38 bits per heavy atom. The third kappa shape index (κ3) is 5.35. The van der Waals surface area contributed by atoms with Crippen LogP contribution in [0.3, 0.4) is 0 Å². The van der Waals surface area contributed by atoms with E-state index in [0.717, 1.165) is 5.57 Å². The molecule has 0 radical (unpaired) electrons. The summed E-state index contributed by atoms with van der Waals surface area (Å²) < 4.78 is 16.8. The van der Waals surface area contributed by atoms with Crippen molar-refractivity contribution in [1.82, 2.24) is 0 Å². The van der Waals surface area contributed by atoms with E-state index in [4.69, 9.17) is 14.2 Å². The monoisotopic (exact) mass is 406 g/mol. The highest BCUT2D eigenvalue weighted by atomic mass is 16.6. The van der Waals surface area contributed by atoms with Crippen LogP contribution in [0.25, 0.3) is 0 Å². The summed E-state index contributed by atoms with van der Waals surface area (Å²) in [5.74, 6) is -2.76. The Morgan fingerprint density at radius 3 is 2.66 bits per heavy atom. The molecule has 0 aromatic heterocycles. The molecule has 7 nitrogen and oxygen atoms in total. The van der Waals surface area contributed by atoms with E-state index in [2.05, 4.69) is 6.58 Å². The molecule has 0 bridgehead atoms. The van der Waals surface area contributed by atoms with Gasteiger partial charge in [0.1, 0.15) is 6.10 Å². The molecule has 5 atom stereocenters. The highest BCUT2D eigenvalue weighted by Gasteiger charge is 2.49. The van der Waals surface area contributed by atoms with Gasteiger partial charge in [-0.2, -0.15) is 0 Å². The molecule has 0 aromatic rings. The lowest BCUT2D eigenvalue weighted by Crippen LogP contribution is -2.46. The maximum absolute atomic E-state index is 12.6. The first-order valence-electron chi connectivity index (χ1n) is 9.94. The summed E-state index contributed by atoms with van der Waals surface area (Å²) in [4.78, 5) is 36.8. The predicted molar refractivity (Wildman–Crippen MR) is 106 cm³/mol. The van der Waals surface area contributed by atoms with Crippen LogP contribution < -0.4 is 0 Å². The molecule has 7 heteroatoms. The number of hydrogen-bond acceptors (Lipinski definition) is 7. The van der Waals surface area contributed by atoms with E-state index in [1.165, 1.54) is 6.92 Å². The largest absolute Gasteiger partial charge is 0.457 e. The van der Waals surface area contributed by atoms with Gasteiger partial charge in [0.25, 0.3) is 0 Å². The molecule has 1 heterocycles. The van der Waals surface area contributed by atoms with Crippen LogP contribution in [0.2, 0.25) is 0 Å². The number of carbonyl (C=O) groups excluding carboxylic acids is 3. The second kappa shape index (κ2) is 9.87. The molecule has 0 aromatic carbocycles. The fourth-order valence-electron chi connectivity index (χ4n) is 3.52. The smallest absolute Gasteiger partial charge is 0.334 e. The summed E-state index contributed by atoms with van der Waals surface area (Å²) in [5.41, 5.74) is 1.56. The van der Waals surface area contributed by atoms with E-state index in [9.17, 15) is 19.5 Å². The number of fused-ring (bicyclic) bond motifs is 1. The van der Waals surface area contributed by atoms with E-state index in [1.807, 2.05) is 19.9 Å². The number of carbonyl (C=O) groups is 3. The summed E-state index contributed by atoms with van der Waals surface area (Å²) in [6.07, 6.45) is 2.66. The average Bonchev–Trinajstić information content (AvgIpc) is 2.93. The van der Waals surface area contributed by atoms with Gasteiger partial charge in [0.2, 0.25) is 0 Å². The molecule has 1 aliphatic heterocycles. The SMILES string of the molecule is C=C1C(=O)O[C@@H]2/C=C(\C)CC/C=C(/CO)[C@H](OC(C)=O)[C@@H](OC(=O)[C@H](C)CC)[C@@H]12. The van der Waals surface area contributed by atoms with Crippen molar-refractivity contribution in [3.8, 4) is 0 Å². The number of esters is 3. The van der Waals surface area contributed by atoms with E-state index in [0.29, 0.717) is 24.8 Å². The molecule has 2 rings (SSSR count). The standard InChI is InChI=1S/C22H30O7/c1-6-13(3)21(25)29-20-18-14(4)22(26)28-17(18)10-12(2)8-7-9-16(11-23)19(20)27-15(5)24/h9-10,13,17-20,23H,4,6-8,11H2,1-3,5H3/b12-10+,16-9-/t13-,17-,18+,19+,20+/m1/s1. The highest BCUT2D eigenvalue weighted by Crippen LogP contribution is 2.37. The molecule has 1 saturated heterocycles. The third-order valence-electron chi connectivity index (χ3n) is 5.42. The normalized spacial score (nSPS) is 32.0. The number of ether oxygens (including phenoxy) is 3. The van der Waals surface area contributed by atoms with Crippen molar-refractivity contribution in [2.24, 2.45) is 11.8 Å². The second-order valence-corrected chi connectivity index (χ2v) is 7.65. The van der Waals surface area contributed by atoms with Gasteiger partial charge in [0, 0.05) is 12.5 Å². The summed E-state index contributed by atoms with van der Waals surface area (Å²) in [6, 6.07) is 0. The van der Waals surface area contributed by atoms with Crippen molar-refractivity contribution < 1.29 is 33.7 Å². The van der Waals surface area contributed by atoms with Crippen molar-refractivity contribution in [3.63, 3.8) is 0 Å². The Morgan fingerprint density at radius 2 is 2.07 bits per heavy atom. The second-order valence-electron chi connectivity index (χ2n) is 7.65. The van der Waals surface area contributed by atoms with Crippen LogP contribution in [0.5, 0.6) is 0 Å². The zero-order valence-electron chi connectivity index (χ0n) is 17.5. The van der Waals surface area contributed by atoms with Gasteiger partial charge < -0.3 is 19.3 Å². The molecule has 160 valence electrons. The maximum atomic E-state index is 12.6. The topological polar surface area (TPSA) is 99.1 Å².